The number of aliphatic hydroxyl groups is 1. The molecule has 1 atom stereocenters. The summed E-state index contributed by atoms with van der Waals surface area (Å²) in [6.07, 6.45) is -1.68. The van der Waals surface area contributed by atoms with Gasteiger partial charge in [0, 0.05) is 11.1 Å². The van der Waals surface area contributed by atoms with Crippen molar-refractivity contribution in [3.8, 4) is 28.7 Å². The molecule has 0 radical (unpaired) electrons. The van der Waals surface area contributed by atoms with Crippen LogP contribution in [0, 0.1) is 20.8 Å². The molecule has 26 heavy (non-hydrogen) atoms. The lowest BCUT2D eigenvalue weighted by atomic mass is 10.0. The average Bonchev–Trinajstić information content (AvgIpc) is 2.76. The topological polar surface area (TPSA) is 123 Å². The van der Waals surface area contributed by atoms with Crippen LogP contribution in [0.15, 0.2) is 6.07 Å². The summed E-state index contributed by atoms with van der Waals surface area (Å²) >= 11 is 0. The molecule has 2 aliphatic rings. The van der Waals surface area contributed by atoms with Crippen LogP contribution in [0.5, 0.6) is 28.7 Å². The van der Waals surface area contributed by atoms with Gasteiger partial charge in [-0.05, 0) is 32.4 Å². The Hall–Kier alpha value is -3.26. The highest BCUT2D eigenvalue weighted by molar-refractivity contribution is 6.02. The maximum Gasteiger partial charge on any atom is 0.347 e. The van der Waals surface area contributed by atoms with E-state index < -0.39 is 24.0 Å². The number of phenolic OH excluding ortho intramolecular Hbond substituents is 2. The lowest BCUT2D eigenvalue weighted by molar-refractivity contribution is -0.0555. The molecule has 0 saturated heterocycles. The summed E-state index contributed by atoms with van der Waals surface area (Å²) in [6.45, 7) is 4.60. The van der Waals surface area contributed by atoms with Gasteiger partial charge in [-0.3, -0.25) is 0 Å². The summed E-state index contributed by atoms with van der Waals surface area (Å²) < 4.78 is 16.0. The van der Waals surface area contributed by atoms with Crippen LogP contribution in [0.2, 0.25) is 0 Å². The third kappa shape index (κ3) is 1.93. The second-order valence-corrected chi connectivity index (χ2v) is 6.21. The van der Waals surface area contributed by atoms with Crippen molar-refractivity contribution < 1.29 is 39.1 Å². The van der Waals surface area contributed by atoms with Crippen molar-refractivity contribution in [2.45, 2.75) is 27.1 Å². The molecule has 0 aliphatic carbocycles. The van der Waals surface area contributed by atoms with Gasteiger partial charge in [-0.25, -0.2) is 9.59 Å². The molecular formula is C18H14O8. The van der Waals surface area contributed by atoms with Crippen molar-refractivity contribution in [1.82, 2.24) is 0 Å². The largest absolute Gasteiger partial charge is 0.508 e. The number of carbonyl (C=O) groups excluding carboxylic acids is 2. The first kappa shape index (κ1) is 16.2. The number of aliphatic hydroxyl groups excluding tert-OH is 1. The molecule has 8 nitrogen and oxygen atoms in total. The normalized spacial score (nSPS) is 17.5. The van der Waals surface area contributed by atoms with Gasteiger partial charge in [0.25, 0.3) is 0 Å². The van der Waals surface area contributed by atoms with Crippen LogP contribution in [-0.2, 0) is 4.74 Å². The van der Waals surface area contributed by atoms with Crippen LogP contribution >= 0.6 is 0 Å². The van der Waals surface area contributed by atoms with Gasteiger partial charge in [-0.2, -0.15) is 0 Å². The van der Waals surface area contributed by atoms with Gasteiger partial charge in [-0.1, -0.05) is 0 Å². The Morgan fingerprint density at radius 2 is 1.58 bits per heavy atom. The van der Waals surface area contributed by atoms with Crippen molar-refractivity contribution in [3.63, 3.8) is 0 Å². The number of hydrogen-bond donors (Lipinski definition) is 3. The SMILES string of the molecule is Cc1cc(O)c(C)c2c1C(=O)Oc1c(C)c(O)c3c(c1O2)C(O)OC3=O. The predicted octanol–water partition coefficient (Wildman–Crippen LogP) is 2.51. The highest BCUT2D eigenvalue weighted by atomic mass is 16.6. The van der Waals surface area contributed by atoms with E-state index in [-0.39, 0.29) is 50.8 Å². The summed E-state index contributed by atoms with van der Waals surface area (Å²) in [4.78, 5) is 24.6. The summed E-state index contributed by atoms with van der Waals surface area (Å²) in [6, 6.07) is 1.41. The van der Waals surface area contributed by atoms with E-state index in [4.69, 9.17) is 14.2 Å². The molecule has 2 aromatic carbocycles. The zero-order valence-corrected chi connectivity index (χ0v) is 14.0. The molecule has 2 aromatic rings. The molecule has 134 valence electrons. The fourth-order valence-electron chi connectivity index (χ4n) is 3.21. The Bertz CT molecular complexity index is 1020. The molecule has 1 unspecified atom stereocenters. The molecule has 0 saturated carbocycles. The fraction of sp³-hybridized carbons (Fsp3) is 0.222. The number of aryl methyl sites for hydroxylation is 1. The quantitative estimate of drug-likeness (QED) is 0.485. The van der Waals surface area contributed by atoms with E-state index in [0.29, 0.717) is 5.56 Å². The number of cyclic esters (lactones) is 1. The number of carbonyl (C=O) groups is 2. The third-order valence-electron chi connectivity index (χ3n) is 4.62. The number of hydrogen-bond acceptors (Lipinski definition) is 8. The van der Waals surface area contributed by atoms with Crippen molar-refractivity contribution in [2.24, 2.45) is 0 Å². The number of phenols is 2. The summed E-state index contributed by atoms with van der Waals surface area (Å²) in [5.74, 6) is -2.41. The lowest BCUT2D eigenvalue weighted by Crippen LogP contribution is -2.10. The van der Waals surface area contributed by atoms with E-state index in [9.17, 15) is 24.9 Å². The van der Waals surface area contributed by atoms with Gasteiger partial charge in [-0.15, -0.1) is 0 Å². The highest BCUT2D eigenvalue weighted by Gasteiger charge is 2.42. The van der Waals surface area contributed by atoms with Crippen molar-refractivity contribution in [1.29, 1.82) is 0 Å². The smallest absolute Gasteiger partial charge is 0.347 e. The second-order valence-electron chi connectivity index (χ2n) is 6.21. The Morgan fingerprint density at radius 1 is 0.885 bits per heavy atom. The fourth-order valence-corrected chi connectivity index (χ4v) is 3.21. The van der Waals surface area contributed by atoms with Crippen molar-refractivity contribution in [3.05, 3.63) is 39.4 Å². The molecule has 3 N–H and O–H groups in total. The minimum atomic E-state index is -1.68. The number of benzene rings is 2. The number of aromatic hydroxyl groups is 2. The van der Waals surface area contributed by atoms with Gasteiger partial charge < -0.3 is 29.5 Å². The van der Waals surface area contributed by atoms with Gasteiger partial charge in [0.2, 0.25) is 6.29 Å². The van der Waals surface area contributed by atoms with E-state index in [0.717, 1.165) is 0 Å². The van der Waals surface area contributed by atoms with E-state index in [2.05, 4.69) is 0 Å². The van der Waals surface area contributed by atoms with E-state index in [1.807, 2.05) is 0 Å². The van der Waals surface area contributed by atoms with Crippen molar-refractivity contribution >= 4 is 11.9 Å². The Labute approximate surface area is 147 Å². The maximum atomic E-state index is 12.6. The van der Waals surface area contributed by atoms with Gasteiger partial charge in [0.05, 0.1) is 5.56 Å². The molecular weight excluding hydrogens is 344 g/mol. The molecule has 0 spiro atoms. The van der Waals surface area contributed by atoms with Crippen LogP contribution in [0.25, 0.3) is 0 Å². The Morgan fingerprint density at radius 3 is 2.27 bits per heavy atom. The first-order valence-electron chi connectivity index (χ1n) is 7.74. The van der Waals surface area contributed by atoms with E-state index in [1.165, 1.54) is 13.0 Å². The minimum Gasteiger partial charge on any atom is -0.508 e. The van der Waals surface area contributed by atoms with Gasteiger partial charge in [0.1, 0.15) is 28.4 Å². The summed E-state index contributed by atoms with van der Waals surface area (Å²) in [7, 11) is 0. The molecule has 2 aliphatic heterocycles. The highest BCUT2D eigenvalue weighted by Crippen LogP contribution is 2.53. The van der Waals surface area contributed by atoms with Gasteiger partial charge in [0.15, 0.2) is 11.5 Å². The second kappa shape index (κ2) is 5.12. The molecule has 0 fully saturated rings. The Balaban J connectivity index is 2.09. The van der Waals surface area contributed by atoms with Crippen LogP contribution < -0.4 is 9.47 Å². The predicted molar refractivity (Wildman–Crippen MR) is 85.8 cm³/mol. The average molecular weight is 358 g/mol. The molecule has 0 amide bonds. The first-order valence-corrected chi connectivity index (χ1v) is 7.74. The summed E-state index contributed by atoms with van der Waals surface area (Å²) in [5.41, 5.74) is 0.521. The zero-order chi connectivity index (χ0) is 18.9. The number of ether oxygens (including phenoxy) is 3. The molecule has 8 heteroatoms. The van der Waals surface area contributed by atoms with Crippen LogP contribution in [0.4, 0.5) is 0 Å². The maximum absolute atomic E-state index is 12.6. The zero-order valence-electron chi connectivity index (χ0n) is 14.0. The first-order chi connectivity index (χ1) is 12.2. The van der Waals surface area contributed by atoms with Crippen molar-refractivity contribution in [2.75, 3.05) is 0 Å². The standard InChI is InChI=1S/C18H14O8/c1-5-4-8(19)6(2)13-9(5)16(21)25-14-7(3)12(20)10-11(15(14)24-13)18(23)26-17(10)22/h4,18-20,23H,1-3H3. The third-order valence-corrected chi connectivity index (χ3v) is 4.62. The molecule has 0 aromatic heterocycles. The number of rotatable bonds is 0. The van der Waals surface area contributed by atoms with Crippen LogP contribution in [0.1, 0.15) is 49.3 Å². The molecule has 0 bridgehead atoms. The van der Waals surface area contributed by atoms with Crippen LogP contribution in [0.3, 0.4) is 0 Å². The number of fused-ring (bicyclic) bond motifs is 4. The Kier molecular flexibility index (Phi) is 3.19. The number of esters is 2. The van der Waals surface area contributed by atoms with Gasteiger partial charge >= 0.3 is 11.9 Å². The van der Waals surface area contributed by atoms with E-state index in [1.54, 1.807) is 13.8 Å². The molecule has 4 rings (SSSR count). The summed E-state index contributed by atoms with van der Waals surface area (Å²) in [5, 5.41) is 30.5. The van der Waals surface area contributed by atoms with E-state index >= 15 is 0 Å². The monoisotopic (exact) mass is 358 g/mol. The lowest BCUT2D eigenvalue weighted by Gasteiger charge is -2.16. The van der Waals surface area contributed by atoms with Crippen LogP contribution in [-0.4, -0.2) is 27.3 Å². The molecule has 2 heterocycles. The minimum absolute atomic E-state index is 0.0464.